The number of benzene rings is 1. The van der Waals surface area contributed by atoms with Gasteiger partial charge in [0.25, 0.3) is 0 Å². The van der Waals surface area contributed by atoms with Gasteiger partial charge in [-0.25, -0.2) is 0 Å². The number of carboxylic acids is 2. The van der Waals surface area contributed by atoms with Gasteiger partial charge in [-0.1, -0.05) is 50.7 Å². The van der Waals surface area contributed by atoms with Crippen LogP contribution in [0.25, 0.3) is 0 Å². The smallest absolute Gasteiger partial charge is 0.303 e. The summed E-state index contributed by atoms with van der Waals surface area (Å²) in [7, 11) is 0. The minimum Gasteiger partial charge on any atom is -0.490 e. The maximum atomic E-state index is 10.7. The monoisotopic (exact) mass is 394 g/mol. The highest BCUT2D eigenvalue weighted by Gasteiger charge is 2.10. The maximum Gasteiger partial charge on any atom is 0.303 e. The van der Waals surface area contributed by atoms with Crippen LogP contribution in [0.2, 0.25) is 0 Å². The Morgan fingerprint density at radius 1 is 0.821 bits per heavy atom. The van der Waals surface area contributed by atoms with Crippen molar-refractivity contribution in [3.63, 3.8) is 0 Å². The third kappa shape index (κ3) is 12.2. The fourth-order valence-corrected chi connectivity index (χ4v) is 2.89. The minimum atomic E-state index is -0.819. The van der Waals surface area contributed by atoms with Crippen molar-refractivity contribution in [1.82, 2.24) is 0 Å². The van der Waals surface area contributed by atoms with E-state index in [2.05, 4.69) is 0 Å². The topological polar surface area (TPSA) is 93.1 Å². The molecule has 0 saturated carbocycles. The number of hydrogen-bond donors (Lipinski definition) is 2. The standard InChI is InChI=1S/C22H34O6/c1-18(15-16-22(25)26)28-20-13-10-9-12-19(20)27-17-11-7-5-3-2-4-6-8-14-21(23)24/h9-10,12-13,18H,2-8,11,14-17H2,1H3,(H,23,24)(H,25,26). The molecule has 0 fully saturated rings. The third-order valence-corrected chi connectivity index (χ3v) is 4.48. The average molecular weight is 395 g/mol. The van der Waals surface area contributed by atoms with Gasteiger partial charge in [0.05, 0.1) is 12.7 Å². The quantitative estimate of drug-likeness (QED) is 0.349. The van der Waals surface area contributed by atoms with E-state index in [4.69, 9.17) is 19.7 Å². The summed E-state index contributed by atoms with van der Waals surface area (Å²) in [5.74, 6) is -0.174. The Balaban J connectivity index is 2.13. The molecule has 0 aliphatic carbocycles. The van der Waals surface area contributed by atoms with Crippen LogP contribution in [-0.4, -0.2) is 34.9 Å². The van der Waals surface area contributed by atoms with E-state index in [1.54, 1.807) is 0 Å². The van der Waals surface area contributed by atoms with E-state index in [1.807, 2.05) is 31.2 Å². The second-order valence-corrected chi connectivity index (χ2v) is 7.13. The van der Waals surface area contributed by atoms with Gasteiger partial charge in [0, 0.05) is 12.8 Å². The highest BCUT2D eigenvalue weighted by atomic mass is 16.5. The zero-order chi connectivity index (χ0) is 20.6. The molecule has 0 aromatic heterocycles. The normalized spacial score (nSPS) is 11.8. The van der Waals surface area contributed by atoms with E-state index in [0.717, 1.165) is 44.9 Å². The first-order chi connectivity index (χ1) is 13.5. The Morgan fingerprint density at radius 3 is 1.96 bits per heavy atom. The molecule has 0 amide bonds. The summed E-state index contributed by atoms with van der Waals surface area (Å²) in [4.78, 5) is 21.1. The van der Waals surface area contributed by atoms with Gasteiger partial charge in [-0.05, 0) is 38.3 Å². The molecular weight excluding hydrogens is 360 g/mol. The fourth-order valence-electron chi connectivity index (χ4n) is 2.89. The zero-order valence-corrected chi connectivity index (χ0v) is 16.9. The molecule has 1 aromatic carbocycles. The Hall–Kier alpha value is -2.24. The van der Waals surface area contributed by atoms with Crippen LogP contribution >= 0.6 is 0 Å². The second-order valence-electron chi connectivity index (χ2n) is 7.13. The Labute approximate surface area is 167 Å². The summed E-state index contributed by atoms with van der Waals surface area (Å²) in [6.45, 7) is 2.49. The van der Waals surface area contributed by atoms with Gasteiger partial charge in [0.1, 0.15) is 0 Å². The summed E-state index contributed by atoms with van der Waals surface area (Å²) in [6, 6.07) is 7.49. The van der Waals surface area contributed by atoms with Gasteiger partial charge >= 0.3 is 11.9 Å². The summed E-state index contributed by atoms with van der Waals surface area (Å²) in [5, 5.41) is 17.3. The molecule has 0 radical (unpaired) electrons. The maximum absolute atomic E-state index is 10.7. The highest BCUT2D eigenvalue weighted by Crippen LogP contribution is 2.28. The van der Waals surface area contributed by atoms with E-state index in [9.17, 15) is 9.59 Å². The number of unbranched alkanes of at least 4 members (excludes halogenated alkanes) is 7. The van der Waals surface area contributed by atoms with Gasteiger partial charge < -0.3 is 19.7 Å². The van der Waals surface area contributed by atoms with Crippen LogP contribution in [-0.2, 0) is 9.59 Å². The largest absolute Gasteiger partial charge is 0.490 e. The summed E-state index contributed by atoms with van der Waals surface area (Å²) in [6.07, 6.45) is 9.09. The van der Waals surface area contributed by atoms with E-state index in [-0.39, 0.29) is 18.9 Å². The van der Waals surface area contributed by atoms with Crippen LogP contribution in [0.3, 0.4) is 0 Å². The van der Waals surface area contributed by atoms with Crippen LogP contribution < -0.4 is 9.47 Å². The first kappa shape index (κ1) is 23.8. The number of aliphatic carboxylic acids is 2. The summed E-state index contributed by atoms with van der Waals surface area (Å²) < 4.78 is 11.7. The minimum absolute atomic E-state index is 0.0871. The van der Waals surface area contributed by atoms with Crippen LogP contribution in [0.5, 0.6) is 11.5 Å². The molecule has 0 saturated heterocycles. The highest BCUT2D eigenvalue weighted by molar-refractivity contribution is 5.66. The predicted octanol–water partition coefficient (Wildman–Crippen LogP) is 5.29. The van der Waals surface area contributed by atoms with Crippen LogP contribution in [0.4, 0.5) is 0 Å². The zero-order valence-electron chi connectivity index (χ0n) is 16.9. The first-order valence-electron chi connectivity index (χ1n) is 10.3. The van der Waals surface area contributed by atoms with Crippen molar-refractivity contribution in [3.05, 3.63) is 24.3 Å². The number of carbonyl (C=O) groups is 2. The van der Waals surface area contributed by atoms with Crippen LogP contribution in [0.1, 0.15) is 77.6 Å². The Bertz CT molecular complexity index is 572. The molecule has 0 spiro atoms. The summed E-state index contributed by atoms with van der Waals surface area (Å²) >= 11 is 0. The number of ether oxygens (including phenoxy) is 2. The lowest BCUT2D eigenvalue weighted by molar-refractivity contribution is -0.138. The molecular formula is C22H34O6. The molecule has 158 valence electrons. The van der Waals surface area contributed by atoms with Crippen molar-refractivity contribution in [1.29, 1.82) is 0 Å². The number of hydrogen-bond acceptors (Lipinski definition) is 4. The van der Waals surface area contributed by atoms with Gasteiger partial charge in [0.2, 0.25) is 0 Å². The van der Waals surface area contributed by atoms with Crippen molar-refractivity contribution < 1.29 is 29.3 Å². The van der Waals surface area contributed by atoms with Gasteiger partial charge in [-0.3, -0.25) is 9.59 Å². The van der Waals surface area contributed by atoms with E-state index >= 15 is 0 Å². The van der Waals surface area contributed by atoms with Crippen molar-refractivity contribution in [2.45, 2.75) is 83.7 Å². The lowest BCUT2D eigenvalue weighted by atomic mass is 10.1. The molecule has 6 nitrogen and oxygen atoms in total. The number of carboxylic acid groups (broad SMARTS) is 2. The predicted molar refractivity (Wildman–Crippen MR) is 108 cm³/mol. The lowest BCUT2D eigenvalue weighted by Crippen LogP contribution is -2.14. The van der Waals surface area contributed by atoms with Gasteiger partial charge in [0.15, 0.2) is 11.5 Å². The number of rotatable bonds is 17. The third-order valence-electron chi connectivity index (χ3n) is 4.48. The number of para-hydroxylation sites is 2. The van der Waals surface area contributed by atoms with Crippen LogP contribution in [0, 0.1) is 0 Å². The molecule has 1 atom stereocenters. The molecule has 0 aliphatic heterocycles. The molecule has 6 heteroatoms. The van der Waals surface area contributed by atoms with Crippen molar-refractivity contribution in [2.24, 2.45) is 0 Å². The molecule has 0 bridgehead atoms. The molecule has 0 aliphatic rings. The molecule has 28 heavy (non-hydrogen) atoms. The van der Waals surface area contributed by atoms with Crippen molar-refractivity contribution in [3.8, 4) is 11.5 Å². The first-order valence-corrected chi connectivity index (χ1v) is 10.3. The van der Waals surface area contributed by atoms with Crippen molar-refractivity contribution >= 4 is 11.9 Å². The van der Waals surface area contributed by atoms with E-state index in [0.29, 0.717) is 24.5 Å². The molecule has 1 rings (SSSR count). The Kier molecular flexibility index (Phi) is 12.6. The molecule has 1 unspecified atom stereocenters. The summed E-state index contributed by atoms with van der Waals surface area (Å²) in [5.41, 5.74) is 0. The molecule has 1 aromatic rings. The van der Waals surface area contributed by atoms with Crippen molar-refractivity contribution in [2.75, 3.05) is 6.61 Å². The van der Waals surface area contributed by atoms with Crippen LogP contribution in [0.15, 0.2) is 24.3 Å². The van der Waals surface area contributed by atoms with E-state index in [1.165, 1.54) is 6.42 Å². The second kappa shape index (κ2) is 14.8. The van der Waals surface area contributed by atoms with Gasteiger partial charge in [-0.2, -0.15) is 0 Å². The fraction of sp³-hybridized carbons (Fsp3) is 0.636. The average Bonchev–Trinajstić information content (AvgIpc) is 2.65. The van der Waals surface area contributed by atoms with E-state index < -0.39 is 11.9 Å². The molecule has 0 heterocycles. The molecule has 2 N–H and O–H groups in total. The lowest BCUT2D eigenvalue weighted by Gasteiger charge is -2.17. The SMILES string of the molecule is CC(CCC(=O)O)Oc1ccccc1OCCCCCCCCCCC(=O)O. The van der Waals surface area contributed by atoms with Gasteiger partial charge in [-0.15, -0.1) is 0 Å². The Morgan fingerprint density at radius 2 is 1.36 bits per heavy atom.